The summed E-state index contributed by atoms with van der Waals surface area (Å²) in [7, 11) is 0. The molecule has 0 spiro atoms. The van der Waals surface area contributed by atoms with Gasteiger partial charge in [-0.05, 0) is 38.0 Å². The standard InChI is InChI=1S/C11H15ClO2/c12-9-4-2-8(3-5-9)11(10(13)14)6-1-7-11/h4,8H,1-3,5-7H2,(H,13,14). The Morgan fingerprint density at radius 1 is 1.57 bits per heavy atom. The summed E-state index contributed by atoms with van der Waals surface area (Å²) in [5, 5.41) is 10.2. The molecule has 3 heteroatoms. The van der Waals surface area contributed by atoms with Crippen LogP contribution in [0, 0.1) is 11.3 Å². The Morgan fingerprint density at radius 3 is 2.64 bits per heavy atom. The first-order valence-corrected chi connectivity index (χ1v) is 5.61. The molecule has 0 amide bonds. The second kappa shape index (κ2) is 3.58. The van der Waals surface area contributed by atoms with Crippen LogP contribution in [0.3, 0.4) is 0 Å². The van der Waals surface area contributed by atoms with Crippen molar-refractivity contribution in [3.05, 3.63) is 11.1 Å². The molecule has 2 aliphatic rings. The number of carboxylic acid groups (broad SMARTS) is 1. The molecule has 1 fully saturated rings. The summed E-state index contributed by atoms with van der Waals surface area (Å²) in [6.07, 6.45) is 7.45. The average molecular weight is 215 g/mol. The number of hydrogen-bond acceptors (Lipinski definition) is 1. The third-order valence-corrected chi connectivity index (χ3v) is 4.15. The monoisotopic (exact) mass is 214 g/mol. The molecule has 0 saturated heterocycles. The molecule has 0 heterocycles. The average Bonchev–Trinajstić information content (AvgIpc) is 2.05. The van der Waals surface area contributed by atoms with Crippen molar-refractivity contribution in [1.29, 1.82) is 0 Å². The molecule has 1 unspecified atom stereocenters. The maximum atomic E-state index is 11.2. The molecule has 2 aliphatic carbocycles. The minimum atomic E-state index is -0.597. The van der Waals surface area contributed by atoms with Gasteiger partial charge < -0.3 is 5.11 Å². The normalized spacial score (nSPS) is 30.4. The van der Waals surface area contributed by atoms with E-state index in [4.69, 9.17) is 11.6 Å². The van der Waals surface area contributed by atoms with Crippen LogP contribution < -0.4 is 0 Å². The molecule has 0 bridgehead atoms. The molecule has 78 valence electrons. The van der Waals surface area contributed by atoms with Crippen molar-refractivity contribution in [2.24, 2.45) is 11.3 Å². The molecule has 2 nitrogen and oxygen atoms in total. The zero-order valence-corrected chi connectivity index (χ0v) is 8.89. The van der Waals surface area contributed by atoms with Gasteiger partial charge in [0.15, 0.2) is 0 Å². The van der Waals surface area contributed by atoms with Gasteiger partial charge in [-0.25, -0.2) is 0 Å². The van der Waals surface area contributed by atoms with Gasteiger partial charge in [-0.15, -0.1) is 0 Å². The number of aliphatic carboxylic acids is 1. The van der Waals surface area contributed by atoms with Gasteiger partial charge in [0, 0.05) is 5.03 Å². The van der Waals surface area contributed by atoms with Crippen molar-refractivity contribution in [3.63, 3.8) is 0 Å². The first kappa shape index (κ1) is 10.0. The molecule has 2 rings (SSSR count). The van der Waals surface area contributed by atoms with Crippen LogP contribution in [0.15, 0.2) is 11.1 Å². The van der Waals surface area contributed by atoms with Crippen molar-refractivity contribution >= 4 is 17.6 Å². The molecule has 0 aromatic rings. The number of hydrogen-bond donors (Lipinski definition) is 1. The maximum Gasteiger partial charge on any atom is 0.309 e. The summed E-state index contributed by atoms with van der Waals surface area (Å²) in [5.74, 6) is -0.281. The van der Waals surface area contributed by atoms with Crippen LogP contribution in [0.5, 0.6) is 0 Å². The summed E-state index contributed by atoms with van der Waals surface area (Å²) in [5.41, 5.74) is -0.409. The van der Waals surface area contributed by atoms with Gasteiger partial charge in [0.25, 0.3) is 0 Å². The maximum absolute atomic E-state index is 11.2. The fraction of sp³-hybridized carbons (Fsp3) is 0.727. The lowest BCUT2D eigenvalue weighted by Gasteiger charge is -2.45. The highest BCUT2D eigenvalue weighted by molar-refractivity contribution is 6.29. The number of carboxylic acids is 1. The summed E-state index contributed by atoms with van der Waals surface area (Å²) in [6, 6.07) is 0. The van der Waals surface area contributed by atoms with Crippen molar-refractivity contribution in [3.8, 4) is 0 Å². The minimum Gasteiger partial charge on any atom is -0.481 e. The first-order valence-electron chi connectivity index (χ1n) is 5.23. The van der Waals surface area contributed by atoms with E-state index in [2.05, 4.69) is 0 Å². The fourth-order valence-corrected chi connectivity index (χ4v) is 2.86. The largest absolute Gasteiger partial charge is 0.481 e. The van der Waals surface area contributed by atoms with E-state index in [0.717, 1.165) is 43.6 Å². The van der Waals surface area contributed by atoms with E-state index in [0.29, 0.717) is 5.92 Å². The molecule has 0 aromatic heterocycles. The Kier molecular flexibility index (Phi) is 2.56. The van der Waals surface area contributed by atoms with Gasteiger partial charge in [-0.2, -0.15) is 0 Å². The van der Waals surface area contributed by atoms with Gasteiger partial charge in [0.1, 0.15) is 0 Å². The molecule has 1 atom stereocenters. The molecule has 1 saturated carbocycles. The summed E-state index contributed by atoms with van der Waals surface area (Å²) in [6.45, 7) is 0. The van der Waals surface area contributed by atoms with Gasteiger partial charge in [0.2, 0.25) is 0 Å². The van der Waals surface area contributed by atoms with Crippen LogP contribution in [0.4, 0.5) is 0 Å². The Labute approximate surface area is 88.9 Å². The van der Waals surface area contributed by atoms with Crippen LogP contribution >= 0.6 is 11.6 Å². The van der Waals surface area contributed by atoms with E-state index in [-0.39, 0.29) is 0 Å². The summed E-state index contributed by atoms with van der Waals surface area (Å²) in [4.78, 5) is 11.2. The SMILES string of the molecule is O=C(O)C1(C2CC=C(Cl)CC2)CCC1. The second-order valence-corrected chi connectivity index (χ2v) is 4.92. The third-order valence-electron chi connectivity index (χ3n) is 3.81. The third kappa shape index (κ3) is 1.46. The number of rotatable bonds is 2. The highest BCUT2D eigenvalue weighted by Crippen LogP contribution is 2.52. The summed E-state index contributed by atoms with van der Waals surface area (Å²) >= 11 is 5.89. The highest BCUT2D eigenvalue weighted by Gasteiger charge is 2.50. The Bertz CT molecular complexity index is 279. The lowest BCUT2D eigenvalue weighted by Crippen LogP contribution is -2.44. The molecule has 14 heavy (non-hydrogen) atoms. The molecule has 0 radical (unpaired) electrons. The minimum absolute atomic E-state index is 0.316. The van der Waals surface area contributed by atoms with E-state index in [1.807, 2.05) is 6.08 Å². The van der Waals surface area contributed by atoms with Crippen LogP contribution in [0.1, 0.15) is 38.5 Å². The number of carbonyl (C=O) groups is 1. The van der Waals surface area contributed by atoms with Crippen molar-refractivity contribution in [1.82, 2.24) is 0 Å². The van der Waals surface area contributed by atoms with E-state index < -0.39 is 11.4 Å². The lowest BCUT2D eigenvalue weighted by molar-refractivity contribution is -0.160. The Morgan fingerprint density at radius 2 is 2.29 bits per heavy atom. The predicted octanol–water partition coefficient (Wildman–Crippen LogP) is 3.16. The predicted molar refractivity (Wildman–Crippen MR) is 55.2 cm³/mol. The molecular weight excluding hydrogens is 200 g/mol. The van der Waals surface area contributed by atoms with Crippen molar-refractivity contribution in [2.45, 2.75) is 38.5 Å². The molecule has 1 N–H and O–H groups in total. The zero-order valence-electron chi connectivity index (χ0n) is 8.13. The van der Waals surface area contributed by atoms with Gasteiger partial charge in [-0.3, -0.25) is 4.79 Å². The lowest BCUT2D eigenvalue weighted by atomic mass is 9.58. The van der Waals surface area contributed by atoms with Crippen LogP contribution in [-0.4, -0.2) is 11.1 Å². The smallest absolute Gasteiger partial charge is 0.309 e. The van der Waals surface area contributed by atoms with E-state index in [9.17, 15) is 9.90 Å². The van der Waals surface area contributed by atoms with Crippen LogP contribution in [0.25, 0.3) is 0 Å². The fourth-order valence-electron chi connectivity index (χ4n) is 2.66. The highest BCUT2D eigenvalue weighted by atomic mass is 35.5. The quantitative estimate of drug-likeness (QED) is 0.767. The number of halogens is 1. The Balaban J connectivity index is 2.10. The topological polar surface area (TPSA) is 37.3 Å². The second-order valence-electron chi connectivity index (χ2n) is 4.44. The van der Waals surface area contributed by atoms with Gasteiger partial charge >= 0.3 is 5.97 Å². The number of allylic oxidation sites excluding steroid dienone is 2. The van der Waals surface area contributed by atoms with E-state index in [1.54, 1.807) is 0 Å². The van der Waals surface area contributed by atoms with E-state index in [1.165, 1.54) is 0 Å². The van der Waals surface area contributed by atoms with Crippen molar-refractivity contribution in [2.75, 3.05) is 0 Å². The molecular formula is C11H15ClO2. The van der Waals surface area contributed by atoms with E-state index >= 15 is 0 Å². The van der Waals surface area contributed by atoms with Gasteiger partial charge in [-0.1, -0.05) is 24.1 Å². The zero-order chi connectivity index (χ0) is 10.2. The molecule has 0 aliphatic heterocycles. The molecule has 0 aromatic carbocycles. The first-order chi connectivity index (χ1) is 6.65. The Hall–Kier alpha value is -0.500. The van der Waals surface area contributed by atoms with Crippen LogP contribution in [0.2, 0.25) is 0 Å². The van der Waals surface area contributed by atoms with Crippen molar-refractivity contribution < 1.29 is 9.90 Å². The van der Waals surface area contributed by atoms with Crippen LogP contribution in [-0.2, 0) is 4.79 Å². The van der Waals surface area contributed by atoms with Gasteiger partial charge in [0.05, 0.1) is 5.41 Å². The summed E-state index contributed by atoms with van der Waals surface area (Å²) < 4.78 is 0.